The topological polar surface area (TPSA) is 49.4 Å². The monoisotopic (exact) mass is 466 g/mol. The van der Waals surface area contributed by atoms with Crippen LogP contribution >= 0.6 is 35.0 Å². The molecule has 0 fully saturated rings. The van der Waals surface area contributed by atoms with Crippen LogP contribution in [0.5, 0.6) is 0 Å². The maximum atomic E-state index is 13.0. The molecule has 0 saturated carbocycles. The summed E-state index contributed by atoms with van der Waals surface area (Å²) >= 11 is 13.7. The highest BCUT2D eigenvalue weighted by Gasteiger charge is 2.26. The Morgan fingerprint density at radius 2 is 1.70 bits per heavy atom. The smallest absolute Gasteiger partial charge is 0.242 e. The second-order valence-electron chi connectivity index (χ2n) is 7.55. The first-order valence-corrected chi connectivity index (χ1v) is 11.8. The Bertz CT molecular complexity index is 843. The van der Waals surface area contributed by atoms with E-state index in [0.717, 1.165) is 11.1 Å². The van der Waals surface area contributed by atoms with Crippen molar-refractivity contribution in [2.24, 2.45) is 5.92 Å². The summed E-state index contributed by atoms with van der Waals surface area (Å²) in [5.41, 5.74) is 1.91. The molecule has 2 aromatic rings. The van der Waals surface area contributed by atoms with Crippen molar-refractivity contribution < 1.29 is 9.59 Å². The molecular weight excluding hydrogens is 439 g/mol. The van der Waals surface area contributed by atoms with Gasteiger partial charge in [-0.2, -0.15) is 0 Å². The van der Waals surface area contributed by atoms with Gasteiger partial charge in [0.25, 0.3) is 0 Å². The van der Waals surface area contributed by atoms with Crippen molar-refractivity contribution in [1.82, 2.24) is 10.2 Å². The van der Waals surface area contributed by atoms with Gasteiger partial charge in [-0.3, -0.25) is 9.59 Å². The largest absolute Gasteiger partial charge is 0.354 e. The van der Waals surface area contributed by atoms with Crippen LogP contribution in [0.3, 0.4) is 0 Å². The lowest BCUT2D eigenvalue weighted by Gasteiger charge is -2.29. The predicted octanol–water partition coefficient (Wildman–Crippen LogP) is 5.42. The highest BCUT2D eigenvalue weighted by atomic mass is 35.5. The van der Waals surface area contributed by atoms with Crippen LogP contribution < -0.4 is 5.32 Å². The van der Waals surface area contributed by atoms with Crippen molar-refractivity contribution >= 4 is 46.8 Å². The minimum Gasteiger partial charge on any atom is -0.354 e. The number of hydrogen-bond acceptors (Lipinski definition) is 3. The summed E-state index contributed by atoms with van der Waals surface area (Å²) in [5, 5.41) is 4.25. The molecular formula is C23H28Cl2N2O2S. The molecule has 4 nitrogen and oxygen atoms in total. The van der Waals surface area contributed by atoms with Crippen LogP contribution in [0.15, 0.2) is 48.5 Å². The predicted molar refractivity (Wildman–Crippen MR) is 127 cm³/mol. The third-order valence-corrected chi connectivity index (χ3v) is 6.15. The zero-order valence-corrected chi connectivity index (χ0v) is 19.9. The van der Waals surface area contributed by atoms with E-state index in [0.29, 0.717) is 34.8 Å². The SMILES string of the molecule is CC(C)CNC(=O)C(C)N(Cc1ccc(Cl)cc1)C(=O)CSCc1ccccc1Cl. The van der Waals surface area contributed by atoms with Crippen molar-refractivity contribution in [1.29, 1.82) is 0 Å². The standard InChI is InChI=1S/C23H28Cl2N2O2S/c1-16(2)12-26-23(29)17(3)27(13-18-8-10-20(24)11-9-18)22(28)15-30-14-19-6-4-5-7-21(19)25/h4-11,16-17H,12-15H2,1-3H3,(H,26,29). The number of benzene rings is 2. The van der Waals surface area contributed by atoms with E-state index in [2.05, 4.69) is 5.32 Å². The molecule has 30 heavy (non-hydrogen) atoms. The summed E-state index contributed by atoms with van der Waals surface area (Å²) in [6, 6.07) is 14.3. The third kappa shape index (κ3) is 7.86. The van der Waals surface area contributed by atoms with Gasteiger partial charge in [0.05, 0.1) is 5.75 Å². The molecule has 0 aliphatic carbocycles. The van der Waals surface area contributed by atoms with Crippen molar-refractivity contribution in [3.63, 3.8) is 0 Å². The first-order valence-electron chi connectivity index (χ1n) is 9.90. The average molecular weight is 467 g/mol. The van der Waals surface area contributed by atoms with E-state index in [1.807, 2.05) is 50.2 Å². The molecule has 1 atom stereocenters. The Balaban J connectivity index is 2.06. The zero-order valence-electron chi connectivity index (χ0n) is 17.5. The number of carbonyl (C=O) groups is 2. The van der Waals surface area contributed by atoms with Gasteiger partial charge in [0.2, 0.25) is 11.8 Å². The minimum absolute atomic E-state index is 0.0887. The van der Waals surface area contributed by atoms with E-state index in [4.69, 9.17) is 23.2 Å². The number of rotatable bonds is 10. The number of nitrogens with zero attached hydrogens (tertiary/aromatic N) is 1. The maximum absolute atomic E-state index is 13.0. The van der Waals surface area contributed by atoms with Gasteiger partial charge in [0.1, 0.15) is 6.04 Å². The van der Waals surface area contributed by atoms with Gasteiger partial charge >= 0.3 is 0 Å². The lowest BCUT2D eigenvalue weighted by atomic mass is 10.1. The summed E-state index contributed by atoms with van der Waals surface area (Å²) in [4.78, 5) is 27.3. The second kappa shape index (κ2) is 12.2. The van der Waals surface area contributed by atoms with Crippen LogP contribution in [0.2, 0.25) is 10.0 Å². The molecule has 0 heterocycles. The van der Waals surface area contributed by atoms with Crippen LogP contribution in [0.4, 0.5) is 0 Å². The molecule has 7 heteroatoms. The second-order valence-corrected chi connectivity index (χ2v) is 9.38. The van der Waals surface area contributed by atoms with Gasteiger partial charge in [-0.25, -0.2) is 0 Å². The lowest BCUT2D eigenvalue weighted by molar-refractivity contribution is -0.138. The van der Waals surface area contributed by atoms with Gasteiger partial charge < -0.3 is 10.2 Å². The van der Waals surface area contributed by atoms with Gasteiger partial charge in [-0.15, -0.1) is 11.8 Å². The Hall–Kier alpha value is -1.69. The molecule has 2 rings (SSSR count). The normalized spacial score (nSPS) is 11.9. The summed E-state index contributed by atoms with van der Waals surface area (Å²) in [6.07, 6.45) is 0. The molecule has 0 aliphatic heterocycles. The quantitative estimate of drug-likeness (QED) is 0.508. The molecule has 0 radical (unpaired) electrons. The molecule has 0 aromatic heterocycles. The Kier molecular flexibility index (Phi) is 10.0. The molecule has 2 aromatic carbocycles. The van der Waals surface area contributed by atoms with E-state index in [1.165, 1.54) is 11.8 Å². The molecule has 1 unspecified atom stereocenters. The van der Waals surface area contributed by atoms with Gasteiger partial charge in [-0.1, -0.05) is 67.4 Å². The average Bonchev–Trinajstić information content (AvgIpc) is 2.72. The number of halogens is 2. The Morgan fingerprint density at radius 3 is 2.33 bits per heavy atom. The number of hydrogen-bond donors (Lipinski definition) is 1. The first kappa shape index (κ1) is 24.6. The minimum atomic E-state index is -0.576. The summed E-state index contributed by atoms with van der Waals surface area (Å²) < 4.78 is 0. The fourth-order valence-electron chi connectivity index (χ4n) is 2.77. The van der Waals surface area contributed by atoms with Gasteiger partial charge in [0, 0.05) is 28.9 Å². The zero-order chi connectivity index (χ0) is 22.1. The summed E-state index contributed by atoms with van der Waals surface area (Å²) in [7, 11) is 0. The highest BCUT2D eigenvalue weighted by Crippen LogP contribution is 2.22. The van der Waals surface area contributed by atoms with Crippen LogP contribution in [0.1, 0.15) is 31.9 Å². The Morgan fingerprint density at radius 1 is 1.03 bits per heavy atom. The van der Waals surface area contributed by atoms with E-state index >= 15 is 0 Å². The molecule has 0 spiro atoms. The third-order valence-electron chi connectivity index (χ3n) is 4.56. The molecule has 162 valence electrons. The van der Waals surface area contributed by atoms with E-state index in [1.54, 1.807) is 24.0 Å². The van der Waals surface area contributed by atoms with E-state index < -0.39 is 6.04 Å². The molecule has 1 N–H and O–H groups in total. The summed E-state index contributed by atoms with van der Waals surface area (Å²) in [6.45, 7) is 6.76. The fourth-order valence-corrected chi connectivity index (χ4v) is 4.09. The molecule has 2 amide bonds. The van der Waals surface area contributed by atoms with Gasteiger partial charge in [-0.05, 0) is 42.2 Å². The Labute approximate surface area is 193 Å². The van der Waals surface area contributed by atoms with E-state index in [9.17, 15) is 9.59 Å². The molecule has 0 saturated heterocycles. The van der Waals surface area contributed by atoms with Crippen molar-refractivity contribution in [3.8, 4) is 0 Å². The molecule has 0 bridgehead atoms. The number of thioether (sulfide) groups is 1. The van der Waals surface area contributed by atoms with Crippen molar-refractivity contribution in [2.75, 3.05) is 12.3 Å². The fraction of sp³-hybridized carbons (Fsp3) is 0.391. The number of carbonyl (C=O) groups excluding carboxylic acids is 2. The number of nitrogens with one attached hydrogen (secondary N) is 1. The maximum Gasteiger partial charge on any atom is 0.242 e. The van der Waals surface area contributed by atoms with Crippen LogP contribution in [-0.4, -0.2) is 35.1 Å². The van der Waals surface area contributed by atoms with E-state index in [-0.39, 0.29) is 17.6 Å². The van der Waals surface area contributed by atoms with Crippen LogP contribution in [0.25, 0.3) is 0 Å². The van der Waals surface area contributed by atoms with Crippen molar-refractivity contribution in [2.45, 2.75) is 39.1 Å². The van der Waals surface area contributed by atoms with Crippen LogP contribution in [0, 0.1) is 5.92 Å². The highest BCUT2D eigenvalue weighted by molar-refractivity contribution is 7.99. The molecule has 0 aliphatic rings. The first-order chi connectivity index (χ1) is 14.3. The van der Waals surface area contributed by atoms with Gasteiger partial charge in [0.15, 0.2) is 0 Å². The van der Waals surface area contributed by atoms with Crippen LogP contribution in [-0.2, 0) is 21.9 Å². The lowest BCUT2D eigenvalue weighted by Crippen LogP contribution is -2.48. The summed E-state index contributed by atoms with van der Waals surface area (Å²) in [5.74, 6) is 0.999. The van der Waals surface area contributed by atoms with Crippen molar-refractivity contribution in [3.05, 3.63) is 69.7 Å². The number of amides is 2.